The van der Waals surface area contributed by atoms with Crippen LogP contribution in [0.3, 0.4) is 0 Å². The molecule has 0 fully saturated rings. The van der Waals surface area contributed by atoms with Gasteiger partial charge in [0.1, 0.15) is 0 Å². The van der Waals surface area contributed by atoms with E-state index in [1.165, 1.54) is 0 Å². The summed E-state index contributed by atoms with van der Waals surface area (Å²) < 4.78 is 9.22. The topological polar surface area (TPSA) is 78.6 Å². The van der Waals surface area contributed by atoms with Crippen LogP contribution in [0.25, 0.3) is 0 Å². The molecule has 0 aliphatic heterocycles. The Balaban J connectivity index is 0. The Kier molecular flexibility index (Phi) is 11.4. The van der Waals surface area contributed by atoms with E-state index in [9.17, 15) is 9.59 Å². The Labute approximate surface area is 99.5 Å². The number of nitrogens with two attached hydrogens (primary N) is 1. The number of carbonyl (C=O) groups excluding carboxylic acids is 2. The highest BCUT2D eigenvalue weighted by molar-refractivity contribution is 8.13. The maximum absolute atomic E-state index is 10.9. The second kappa shape index (κ2) is 10.1. The minimum atomic E-state index is -0.480. The van der Waals surface area contributed by atoms with Gasteiger partial charge in [0.2, 0.25) is 6.79 Å². The van der Waals surface area contributed by atoms with Gasteiger partial charge in [0, 0.05) is 12.3 Å². The molecule has 0 aromatic carbocycles. The zero-order valence-electron chi connectivity index (χ0n) is 8.73. The molecule has 0 radical (unpaired) electrons. The fraction of sp³-hybridized carbons (Fsp3) is 0.750. The van der Waals surface area contributed by atoms with Crippen molar-refractivity contribution in [1.82, 2.24) is 0 Å². The largest absolute Gasteiger partial charge is 0.428 e. The van der Waals surface area contributed by atoms with Crippen LogP contribution in [0.15, 0.2) is 0 Å². The summed E-state index contributed by atoms with van der Waals surface area (Å²) in [6.07, 6.45) is 0. The lowest BCUT2D eigenvalue weighted by Gasteiger charge is -2.06. The van der Waals surface area contributed by atoms with E-state index >= 15 is 0 Å². The zero-order valence-corrected chi connectivity index (χ0v) is 10.4. The standard InChI is InChI=1S/C8H15NO4S.ClH/c1-6(2)7(10)12-5-13-8(11)14-4-3-9;/h6H,3-5,9H2,1-2H3;1H. The van der Waals surface area contributed by atoms with Crippen molar-refractivity contribution in [2.24, 2.45) is 11.7 Å². The molecule has 0 amide bonds. The molecular weight excluding hydrogens is 242 g/mol. The molecule has 0 bridgehead atoms. The predicted molar refractivity (Wildman–Crippen MR) is 61.0 cm³/mol. The average molecular weight is 258 g/mol. The van der Waals surface area contributed by atoms with Gasteiger partial charge in [-0.2, -0.15) is 0 Å². The molecule has 0 saturated carbocycles. The van der Waals surface area contributed by atoms with Crippen LogP contribution < -0.4 is 5.73 Å². The minimum Gasteiger partial charge on any atom is -0.428 e. The summed E-state index contributed by atoms with van der Waals surface area (Å²) in [7, 11) is 0. The Morgan fingerprint density at radius 2 is 1.93 bits per heavy atom. The van der Waals surface area contributed by atoms with Crippen molar-refractivity contribution in [2.45, 2.75) is 13.8 Å². The SMILES string of the molecule is CC(C)C(=O)OCOC(=O)SCCN.Cl. The van der Waals surface area contributed by atoms with Crippen molar-refractivity contribution < 1.29 is 19.1 Å². The van der Waals surface area contributed by atoms with Crippen LogP contribution in [0, 0.1) is 5.92 Å². The number of halogens is 1. The quantitative estimate of drug-likeness (QED) is 0.592. The number of thioether (sulfide) groups is 1. The molecule has 0 heterocycles. The highest BCUT2D eigenvalue weighted by Gasteiger charge is 2.09. The first kappa shape index (κ1) is 17.0. The second-order valence-electron chi connectivity index (χ2n) is 2.77. The molecule has 15 heavy (non-hydrogen) atoms. The number of esters is 1. The van der Waals surface area contributed by atoms with Gasteiger partial charge in [-0.25, -0.2) is 4.79 Å². The maximum Gasteiger partial charge on any atom is 0.370 e. The van der Waals surface area contributed by atoms with Crippen LogP contribution in [-0.4, -0.2) is 30.4 Å². The molecular formula is C8H16ClNO4S. The van der Waals surface area contributed by atoms with E-state index in [1.54, 1.807) is 13.8 Å². The lowest BCUT2D eigenvalue weighted by atomic mass is 10.2. The fourth-order valence-corrected chi connectivity index (χ4v) is 0.902. The highest BCUT2D eigenvalue weighted by Crippen LogP contribution is 2.04. The molecule has 0 aliphatic carbocycles. The van der Waals surface area contributed by atoms with Crippen LogP contribution in [0.1, 0.15) is 13.8 Å². The molecule has 7 heteroatoms. The van der Waals surface area contributed by atoms with Crippen molar-refractivity contribution in [3.63, 3.8) is 0 Å². The van der Waals surface area contributed by atoms with Crippen molar-refractivity contribution in [2.75, 3.05) is 19.1 Å². The van der Waals surface area contributed by atoms with E-state index < -0.39 is 5.30 Å². The van der Waals surface area contributed by atoms with E-state index in [1.807, 2.05) is 0 Å². The van der Waals surface area contributed by atoms with E-state index in [4.69, 9.17) is 5.73 Å². The Bertz CT molecular complexity index is 201. The summed E-state index contributed by atoms with van der Waals surface area (Å²) in [6, 6.07) is 0. The molecule has 0 aromatic rings. The van der Waals surface area contributed by atoms with Gasteiger partial charge in [-0.3, -0.25) is 4.79 Å². The molecule has 90 valence electrons. The molecule has 2 N–H and O–H groups in total. The third-order valence-corrected chi connectivity index (χ3v) is 1.98. The van der Waals surface area contributed by atoms with Crippen LogP contribution in [0.4, 0.5) is 4.79 Å². The summed E-state index contributed by atoms with van der Waals surface area (Å²) >= 11 is 0.959. The van der Waals surface area contributed by atoms with Crippen LogP contribution >= 0.6 is 24.2 Å². The van der Waals surface area contributed by atoms with Gasteiger partial charge in [-0.15, -0.1) is 12.4 Å². The van der Waals surface area contributed by atoms with E-state index in [0.717, 1.165) is 11.8 Å². The number of carbonyl (C=O) groups is 2. The van der Waals surface area contributed by atoms with E-state index in [-0.39, 0.29) is 31.1 Å². The van der Waals surface area contributed by atoms with Crippen molar-refractivity contribution in [3.05, 3.63) is 0 Å². The van der Waals surface area contributed by atoms with Gasteiger partial charge in [-0.05, 0) is 11.8 Å². The molecule has 0 rings (SSSR count). The number of hydrogen-bond acceptors (Lipinski definition) is 6. The average Bonchev–Trinajstić information content (AvgIpc) is 2.14. The molecule has 0 spiro atoms. The van der Waals surface area contributed by atoms with Gasteiger partial charge < -0.3 is 15.2 Å². The summed E-state index contributed by atoms with van der Waals surface area (Å²) in [6.45, 7) is 3.49. The van der Waals surface area contributed by atoms with E-state index in [2.05, 4.69) is 9.47 Å². The number of rotatable bonds is 5. The lowest BCUT2D eigenvalue weighted by Crippen LogP contribution is -2.15. The fourth-order valence-electron chi connectivity index (χ4n) is 0.486. The van der Waals surface area contributed by atoms with Crippen molar-refractivity contribution >= 4 is 35.4 Å². The van der Waals surface area contributed by atoms with Crippen molar-refractivity contribution in [3.8, 4) is 0 Å². The van der Waals surface area contributed by atoms with Crippen LogP contribution in [0.2, 0.25) is 0 Å². The predicted octanol–water partition coefficient (Wildman–Crippen LogP) is 1.39. The summed E-state index contributed by atoms with van der Waals surface area (Å²) in [5.41, 5.74) is 5.18. The smallest absolute Gasteiger partial charge is 0.370 e. The zero-order chi connectivity index (χ0) is 11.0. The lowest BCUT2D eigenvalue weighted by molar-refractivity contribution is -0.155. The van der Waals surface area contributed by atoms with Gasteiger partial charge in [-0.1, -0.05) is 13.8 Å². The summed E-state index contributed by atoms with van der Waals surface area (Å²) in [5.74, 6) is -0.108. The monoisotopic (exact) mass is 257 g/mol. The number of ether oxygens (including phenoxy) is 2. The van der Waals surface area contributed by atoms with E-state index in [0.29, 0.717) is 12.3 Å². The van der Waals surface area contributed by atoms with Crippen LogP contribution in [-0.2, 0) is 14.3 Å². The summed E-state index contributed by atoms with van der Waals surface area (Å²) in [5, 5.41) is -0.480. The first-order valence-electron chi connectivity index (χ1n) is 4.24. The van der Waals surface area contributed by atoms with Gasteiger partial charge in [0.25, 0.3) is 0 Å². The second-order valence-corrected chi connectivity index (χ2v) is 3.80. The molecule has 0 unspecified atom stereocenters. The molecule has 0 saturated heterocycles. The van der Waals surface area contributed by atoms with Gasteiger partial charge in [0.05, 0.1) is 5.92 Å². The Morgan fingerprint density at radius 3 is 2.40 bits per heavy atom. The number of hydrogen-bond donors (Lipinski definition) is 1. The van der Waals surface area contributed by atoms with Gasteiger partial charge >= 0.3 is 11.3 Å². The minimum absolute atomic E-state index is 0. The molecule has 0 aromatic heterocycles. The third kappa shape index (κ3) is 9.84. The van der Waals surface area contributed by atoms with Crippen LogP contribution in [0.5, 0.6) is 0 Å². The third-order valence-electron chi connectivity index (χ3n) is 1.19. The molecule has 0 aliphatic rings. The normalized spacial score (nSPS) is 9.33. The maximum atomic E-state index is 10.9. The molecule has 0 atom stereocenters. The Hall–Kier alpha value is -0.460. The first-order chi connectivity index (χ1) is 6.57. The van der Waals surface area contributed by atoms with Gasteiger partial charge in [0.15, 0.2) is 0 Å². The molecule has 5 nitrogen and oxygen atoms in total. The Morgan fingerprint density at radius 1 is 1.33 bits per heavy atom. The highest BCUT2D eigenvalue weighted by atomic mass is 35.5. The summed E-state index contributed by atoms with van der Waals surface area (Å²) in [4.78, 5) is 21.7. The first-order valence-corrected chi connectivity index (χ1v) is 5.22. The van der Waals surface area contributed by atoms with Crippen molar-refractivity contribution in [1.29, 1.82) is 0 Å².